The summed E-state index contributed by atoms with van der Waals surface area (Å²) in [7, 11) is 0. The van der Waals surface area contributed by atoms with Crippen LogP contribution in [0.5, 0.6) is 0 Å². The summed E-state index contributed by atoms with van der Waals surface area (Å²) in [6.07, 6.45) is 3.58. The number of hydrogen-bond acceptors (Lipinski definition) is 1. The number of aromatic nitrogens is 1. The van der Waals surface area contributed by atoms with E-state index in [1.165, 1.54) is 12.1 Å². The Balaban J connectivity index is 1.78. The van der Waals surface area contributed by atoms with Crippen molar-refractivity contribution < 1.29 is 8.78 Å². The van der Waals surface area contributed by atoms with Gasteiger partial charge in [0.1, 0.15) is 17.7 Å². The molecule has 2 atom stereocenters. The van der Waals surface area contributed by atoms with Crippen LogP contribution in [-0.2, 0) is 6.42 Å². The molecule has 3 aromatic rings. The van der Waals surface area contributed by atoms with E-state index >= 15 is 8.78 Å². The van der Waals surface area contributed by atoms with Gasteiger partial charge in [-0.1, -0.05) is 32.0 Å². The second kappa shape index (κ2) is 6.60. The van der Waals surface area contributed by atoms with Gasteiger partial charge in [-0.05, 0) is 54.7 Å². The Morgan fingerprint density at radius 3 is 2.45 bits per heavy atom. The second-order valence-corrected chi connectivity index (χ2v) is 8.48. The molecule has 148 valence electrons. The molecule has 2 nitrogen and oxygen atoms in total. The highest BCUT2D eigenvalue weighted by Gasteiger charge is 2.40. The molecule has 0 saturated carbocycles. The first-order valence-corrected chi connectivity index (χ1v) is 10.3. The molecule has 1 aliphatic heterocycles. The summed E-state index contributed by atoms with van der Waals surface area (Å²) in [5.41, 5.74) is 8.11. The van der Waals surface area contributed by atoms with E-state index in [-0.39, 0.29) is 17.5 Å². The molecule has 4 heteroatoms. The van der Waals surface area contributed by atoms with E-state index in [0.29, 0.717) is 5.56 Å². The molecule has 2 aromatic carbocycles. The monoisotopic (exact) mass is 390 g/mol. The van der Waals surface area contributed by atoms with E-state index in [1.807, 2.05) is 38.1 Å². The average molecular weight is 390 g/mol. The number of nitrogens with zero attached hydrogens (tertiary/aromatic N) is 1. The third-order valence-electron chi connectivity index (χ3n) is 6.29. The predicted octanol–water partition coefficient (Wildman–Crippen LogP) is 6.35. The molecule has 1 aliphatic carbocycles. The fourth-order valence-corrected chi connectivity index (χ4v) is 4.74. The smallest absolute Gasteiger partial charge is 0.132 e. The lowest BCUT2D eigenvalue weighted by atomic mass is 9.86. The van der Waals surface area contributed by atoms with Gasteiger partial charge in [-0.25, -0.2) is 8.78 Å². The van der Waals surface area contributed by atoms with Gasteiger partial charge in [0.05, 0.1) is 11.3 Å². The number of para-hydroxylation sites is 1. The number of H-pyrrole nitrogens is 1. The van der Waals surface area contributed by atoms with Crippen LogP contribution in [0.1, 0.15) is 61.5 Å². The van der Waals surface area contributed by atoms with Crippen molar-refractivity contribution in [1.82, 2.24) is 9.88 Å². The van der Waals surface area contributed by atoms with Gasteiger partial charge in [0, 0.05) is 29.1 Å². The zero-order chi connectivity index (χ0) is 20.3. The Bertz CT molecular complexity index is 1160. The van der Waals surface area contributed by atoms with Crippen molar-refractivity contribution in [3.63, 3.8) is 0 Å². The summed E-state index contributed by atoms with van der Waals surface area (Å²) < 4.78 is 30.7. The van der Waals surface area contributed by atoms with Crippen LogP contribution in [0.3, 0.4) is 0 Å². The largest absolute Gasteiger partial charge is 0.356 e. The fourth-order valence-electron chi connectivity index (χ4n) is 4.74. The molecule has 0 bridgehead atoms. The van der Waals surface area contributed by atoms with E-state index in [2.05, 4.69) is 28.6 Å². The first-order chi connectivity index (χ1) is 14.0. The lowest BCUT2D eigenvalue weighted by Gasteiger charge is -2.44. The number of benzene rings is 2. The number of hydrogen-bond donors (Lipinski definition) is 1. The maximum absolute atomic E-state index is 15.4. The number of halogens is 2. The van der Waals surface area contributed by atoms with Crippen molar-refractivity contribution in [3.8, 4) is 0 Å². The third-order valence-corrected chi connectivity index (χ3v) is 6.29. The minimum Gasteiger partial charge on any atom is -0.356 e. The zero-order valence-electron chi connectivity index (χ0n) is 16.9. The van der Waals surface area contributed by atoms with Gasteiger partial charge < -0.3 is 9.88 Å². The van der Waals surface area contributed by atoms with Gasteiger partial charge in [-0.2, -0.15) is 0 Å². The van der Waals surface area contributed by atoms with Crippen LogP contribution in [0.2, 0.25) is 0 Å². The maximum atomic E-state index is 15.4. The topological polar surface area (TPSA) is 19.0 Å². The predicted molar refractivity (Wildman–Crippen MR) is 112 cm³/mol. The lowest BCUT2D eigenvalue weighted by Crippen LogP contribution is -2.43. The van der Waals surface area contributed by atoms with E-state index < -0.39 is 17.7 Å². The molecule has 0 radical (unpaired) electrons. The van der Waals surface area contributed by atoms with E-state index in [1.54, 1.807) is 0 Å². The number of fused-ring (bicyclic) bond motifs is 3. The lowest BCUT2D eigenvalue weighted by molar-refractivity contribution is 0.187. The molecule has 2 aliphatic rings. The summed E-state index contributed by atoms with van der Waals surface area (Å²) in [4.78, 5) is 5.63. The van der Waals surface area contributed by atoms with Crippen LogP contribution in [0.4, 0.5) is 8.78 Å². The van der Waals surface area contributed by atoms with Crippen LogP contribution in [-0.4, -0.2) is 15.9 Å². The molecule has 0 saturated heterocycles. The summed E-state index contributed by atoms with van der Waals surface area (Å²) in [5.74, 6) is -0.895. The number of rotatable bonds is 3. The minimum atomic E-state index is -0.529. The molecule has 0 spiro atoms. The van der Waals surface area contributed by atoms with Gasteiger partial charge in [0.25, 0.3) is 0 Å². The van der Waals surface area contributed by atoms with E-state index in [0.717, 1.165) is 40.7 Å². The first-order valence-electron chi connectivity index (χ1n) is 10.3. The van der Waals surface area contributed by atoms with Crippen LogP contribution in [0.15, 0.2) is 53.9 Å². The highest BCUT2D eigenvalue weighted by molar-refractivity contribution is 5.85. The Hall–Kier alpha value is -2.84. The van der Waals surface area contributed by atoms with Gasteiger partial charge >= 0.3 is 0 Å². The van der Waals surface area contributed by atoms with Gasteiger partial charge in [0.15, 0.2) is 0 Å². The van der Waals surface area contributed by atoms with Crippen molar-refractivity contribution in [2.45, 2.75) is 51.6 Å². The van der Waals surface area contributed by atoms with E-state index in [4.69, 9.17) is 0 Å². The normalized spacial score (nSPS) is 20.8. The second-order valence-electron chi connectivity index (χ2n) is 8.48. The van der Waals surface area contributed by atoms with Crippen molar-refractivity contribution in [1.29, 1.82) is 0 Å². The highest BCUT2D eigenvalue weighted by Crippen LogP contribution is 2.45. The molecule has 2 heterocycles. The Morgan fingerprint density at radius 1 is 1.14 bits per heavy atom. The molecule has 5 rings (SSSR count). The zero-order valence-corrected chi connectivity index (χ0v) is 16.9. The van der Waals surface area contributed by atoms with E-state index in [9.17, 15) is 0 Å². The summed E-state index contributed by atoms with van der Waals surface area (Å²) in [6.45, 7) is 6.02. The molecule has 1 aromatic heterocycles. The van der Waals surface area contributed by atoms with Crippen LogP contribution < -0.4 is 0 Å². The summed E-state index contributed by atoms with van der Waals surface area (Å²) in [5, 5.41) is 1.14. The van der Waals surface area contributed by atoms with Gasteiger partial charge in [-0.15, -0.1) is 5.73 Å². The molecule has 0 fully saturated rings. The number of nitrogens with one attached hydrogen (secondary N) is 1. The quantitative estimate of drug-likeness (QED) is 0.517. The van der Waals surface area contributed by atoms with Crippen LogP contribution >= 0.6 is 0 Å². The summed E-state index contributed by atoms with van der Waals surface area (Å²) >= 11 is 0. The maximum Gasteiger partial charge on any atom is 0.132 e. The standard InChI is InChI=1S/C25H24F2N2/c1-14(2)16-12-20(26)23(21(27)13-16)25-24-19(18-9-4-5-10-22(18)28-24)11-15(3)29(25)17-7-6-8-17/h4-6,9-10,12-15,25,28H,7,11H2,1-3H3. The Morgan fingerprint density at radius 2 is 1.83 bits per heavy atom. The Labute approximate surface area is 169 Å². The SMILES string of the molecule is CC(C)c1cc(F)c(C2c3[nH]c4ccccc4c3CC(C)N2C2=C=CC2)c(F)c1. The Kier molecular flexibility index (Phi) is 4.15. The molecule has 29 heavy (non-hydrogen) atoms. The number of aromatic amines is 1. The molecule has 2 unspecified atom stereocenters. The highest BCUT2D eigenvalue weighted by atomic mass is 19.1. The van der Waals surface area contributed by atoms with Crippen molar-refractivity contribution in [3.05, 3.63) is 87.9 Å². The van der Waals surface area contributed by atoms with Crippen LogP contribution in [0.25, 0.3) is 10.9 Å². The van der Waals surface area contributed by atoms with Crippen molar-refractivity contribution in [2.75, 3.05) is 0 Å². The van der Waals surface area contributed by atoms with Crippen molar-refractivity contribution >= 4 is 10.9 Å². The fraction of sp³-hybridized carbons (Fsp3) is 0.320. The summed E-state index contributed by atoms with van der Waals surface area (Å²) in [6, 6.07) is 10.7. The molecule has 0 amide bonds. The molecular weight excluding hydrogens is 366 g/mol. The van der Waals surface area contributed by atoms with Gasteiger partial charge in [-0.3, -0.25) is 0 Å². The van der Waals surface area contributed by atoms with Crippen molar-refractivity contribution in [2.24, 2.45) is 0 Å². The molecule has 1 N–H and O–H groups in total. The molecular formula is C25H24F2N2. The third kappa shape index (κ3) is 2.74. The van der Waals surface area contributed by atoms with Crippen LogP contribution in [0, 0.1) is 11.6 Å². The van der Waals surface area contributed by atoms with Gasteiger partial charge in [0.2, 0.25) is 0 Å². The first kappa shape index (κ1) is 18.2. The minimum absolute atomic E-state index is 0.0651. The average Bonchev–Trinajstić information content (AvgIpc) is 3.00.